The van der Waals surface area contributed by atoms with Crippen LogP contribution in [-0.2, 0) is 6.54 Å². The molecule has 2 aromatic carbocycles. The molecule has 0 saturated carbocycles. The molecule has 1 N–H and O–H groups in total. The van der Waals surface area contributed by atoms with Gasteiger partial charge in [0.1, 0.15) is 5.60 Å². The quantitative estimate of drug-likeness (QED) is 0.799. The number of ether oxygens (including phenoxy) is 2. The topological polar surface area (TPSA) is 41.9 Å². The van der Waals surface area contributed by atoms with Crippen molar-refractivity contribution in [3.63, 3.8) is 0 Å². The summed E-state index contributed by atoms with van der Waals surface area (Å²) in [5, 5.41) is 10.2. The summed E-state index contributed by atoms with van der Waals surface area (Å²) < 4.78 is 11.6. The van der Waals surface area contributed by atoms with Gasteiger partial charge in [0.2, 0.25) is 0 Å². The van der Waals surface area contributed by atoms with Crippen LogP contribution in [0.1, 0.15) is 44.7 Å². The van der Waals surface area contributed by atoms with Gasteiger partial charge in [0.15, 0.2) is 11.5 Å². The van der Waals surface area contributed by atoms with Crippen molar-refractivity contribution in [1.29, 1.82) is 0 Å². The lowest BCUT2D eigenvalue weighted by atomic mass is 9.76. The van der Waals surface area contributed by atoms with E-state index in [1.54, 1.807) is 7.11 Å². The molecule has 0 bridgehead atoms. The maximum absolute atomic E-state index is 10.2. The van der Waals surface area contributed by atoms with Crippen LogP contribution in [0.5, 0.6) is 11.5 Å². The first-order chi connectivity index (χ1) is 13.2. The van der Waals surface area contributed by atoms with Crippen molar-refractivity contribution < 1.29 is 14.6 Å². The Morgan fingerprint density at radius 3 is 2.43 bits per heavy atom. The number of aliphatic hydroxyl groups excluding tert-OH is 1. The Morgan fingerprint density at radius 2 is 1.82 bits per heavy atom. The maximum Gasteiger partial charge on any atom is 0.162 e. The van der Waals surface area contributed by atoms with Crippen LogP contribution in [0.3, 0.4) is 0 Å². The van der Waals surface area contributed by atoms with Gasteiger partial charge in [-0.15, -0.1) is 0 Å². The molecular formula is C24H33NO3. The van der Waals surface area contributed by atoms with E-state index in [2.05, 4.69) is 48.2 Å². The minimum Gasteiger partial charge on any atom is -0.493 e. The first-order valence-electron chi connectivity index (χ1n) is 9.98. The fraction of sp³-hybridized carbons (Fsp3) is 0.500. The average molecular weight is 384 g/mol. The van der Waals surface area contributed by atoms with Crippen LogP contribution < -0.4 is 9.47 Å². The van der Waals surface area contributed by atoms with Crippen molar-refractivity contribution in [2.24, 2.45) is 5.41 Å². The summed E-state index contributed by atoms with van der Waals surface area (Å²) in [6, 6.07) is 16.7. The van der Waals surface area contributed by atoms with Gasteiger partial charge < -0.3 is 14.6 Å². The Balaban J connectivity index is 1.87. The first-order valence-corrected chi connectivity index (χ1v) is 9.98. The molecule has 1 heterocycles. The van der Waals surface area contributed by atoms with Gasteiger partial charge in [-0.25, -0.2) is 0 Å². The lowest BCUT2D eigenvalue weighted by Gasteiger charge is -2.30. The molecule has 2 aromatic rings. The van der Waals surface area contributed by atoms with Gasteiger partial charge >= 0.3 is 0 Å². The van der Waals surface area contributed by atoms with Crippen molar-refractivity contribution in [1.82, 2.24) is 4.90 Å². The van der Waals surface area contributed by atoms with Crippen molar-refractivity contribution in [3.05, 3.63) is 59.7 Å². The standard InChI is InChI=1S/C24H33NO3/c1-23(2,3)28-22-13-19(11-12-21(22)27-5)20-15-25(16-24(20,4)17-26)14-18-9-7-6-8-10-18/h6-13,20,26H,14-17H2,1-5H3/t20-,24-/m0/s1. The summed E-state index contributed by atoms with van der Waals surface area (Å²) in [6.07, 6.45) is 0. The van der Waals surface area contributed by atoms with Crippen LogP contribution in [0.4, 0.5) is 0 Å². The fourth-order valence-corrected chi connectivity index (χ4v) is 4.11. The molecule has 4 nitrogen and oxygen atoms in total. The van der Waals surface area contributed by atoms with E-state index in [1.807, 2.05) is 32.9 Å². The summed E-state index contributed by atoms with van der Waals surface area (Å²) in [6.45, 7) is 11.1. The van der Waals surface area contributed by atoms with Gasteiger partial charge in [-0.05, 0) is 44.0 Å². The number of rotatable bonds is 6. The van der Waals surface area contributed by atoms with E-state index >= 15 is 0 Å². The molecule has 2 atom stereocenters. The second kappa shape index (κ2) is 8.14. The van der Waals surface area contributed by atoms with Crippen LogP contribution in [0.15, 0.2) is 48.5 Å². The summed E-state index contributed by atoms with van der Waals surface area (Å²) in [7, 11) is 1.67. The second-order valence-electron chi connectivity index (χ2n) is 9.14. The molecule has 1 aliphatic rings. The molecule has 0 amide bonds. The molecule has 3 rings (SSSR count). The minimum atomic E-state index is -0.304. The predicted molar refractivity (Wildman–Crippen MR) is 113 cm³/mol. The monoisotopic (exact) mass is 383 g/mol. The molecule has 152 valence electrons. The van der Waals surface area contributed by atoms with Gasteiger partial charge in [0, 0.05) is 31.0 Å². The van der Waals surface area contributed by atoms with Gasteiger partial charge in [0.25, 0.3) is 0 Å². The zero-order valence-corrected chi connectivity index (χ0v) is 17.7. The summed E-state index contributed by atoms with van der Waals surface area (Å²) >= 11 is 0. The molecule has 0 aliphatic carbocycles. The van der Waals surface area contributed by atoms with Crippen molar-refractivity contribution in [2.75, 3.05) is 26.8 Å². The third-order valence-corrected chi connectivity index (χ3v) is 5.48. The molecule has 4 heteroatoms. The molecule has 1 fully saturated rings. The normalized spacial score (nSPS) is 23.0. The van der Waals surface area contributed by atoms with Crippen LogP contribution in [0.2, 0.25) is 0 Å². The van der Waals surface area contributed by atoms with E-state index in [0.29, 0.717) is 0 Å². The lowest BCUT2D eigenvalue weighted by molar-refractivity contribution is 0.123. The third-order valence-electron chi connectivity index (χ3n) is 5.48. The second-order valence-corrected chi connectivity index (χ2v) is 9.14. The largest absolute Gasteiger partial charge is 0.493 e. The highest BCUT2D eigenvalue weighted by Gasteiger charge is 2.43. The molecular weight excluding hydrogens is 350 g/mol. The zero-order chi connectivity index (χ0) is 20.4. The van der Waals surface area contributed by atoms with E-state index in [4.69, 9.17) is 9.47 Å². The van der Waals surface area contributed by atoms with E-state index < -0.39 is 0 Å². The van der Waals surface area contributed by atoms with E-state index in [1.165, 1.54) is 11.1 Å². The Bertz CT molecular complexity index is 784. The number of methoxy groups -OCH3 is 1. The molecule has 28 heavy (non-hydrogen) atoms. The van der Waals surface area contributed by atoms with Crippen molar-refractivity contribution in [3.8, 4) is 11.5 Å². The van der Waals surface area contributed by atoms with Gasteiger partial charge in [-0.2, -0.15) is 0 Å². The Kier molecular flexibility index (Phi) is 6.01. The summed E-state index contributed by atoms with van der Waals surface area (Å²) in [5.41, 5.74) is 1.99. The maximum atomic E-state index is 10.2. The Hall–Kier alpha value is -2.04. The Labute approximate surface area is 169 Å². The molecule has 1 aliphatic heterocycles. The average Bonchev–Trinajstić information content (AvgIpc) is 2.98. The van der Waals surface area contributed by atoms with Crippen LogP contribution in [0, 0.1) is 5.41 Å². The van der Waals surface area contributed by atoms with Crippen LogP contribution in [0.25, 0.3) is 0 Å². The fourth-order valence-electron chi connectivity index (χ4n) is 4.11. The lowest BCUT2D eigenvalue weighted by Crippen LogP contribution is -2.30. The minimum absolute atomic E-state index is 0.157. The van der Waals surface area contributed by atoms with E-state index in [-0.39, 0.29) is 23.5 Å². The number of benzene rings is 2. The highest BCUT2D eigenvalue weighted by Crippen LogP contribution is 2.45. The zero-order valence-electron chi connectivity index (χ0n) is 17.7. The van der Waals surface area contributed by atoms with Gasteiger partial charge in [-0.1, -0.05) is 43.3 Å². The summed E-state index contributed by atoms with van der Waals surface area (Å²) in [4.78, 5) is 2.44. The van der Waals surface area contributed by atoms with Crippen molar-refractivity contribution in [2.45, 2.75) is 45.8 Å². The van der Waals surface area contributed by atoms with Crippen molar-refractivity contribution >= 4 is 0 Å². The number of likely N-dealkylation sites (tertiary alicyclic amines) is 1. The number of hydrogen-bond acceptors (Lipinski definition) is 4. The molecule has 0 unspecified atom stereocenters. The number of hydrogen-bond donors (Lipinski definition) is 1. The van der Waals surface area contributed by atoms with Gasteiger partial charge in [0.05, 0.1) is 13.7 Å². The van der Waals surface area contributed by atoms with Gasteiger partial charge in [-0.3, -0.25) is 4.90 Å². The predicted octanol–water partition coefficient (Wildman–Crippen LogP) is 4.47. The Morgan fingerprint density at radius 1 is 1.11 bits per heavy atom. The first kappa shape index (κ1) is 20.7. The number of nitrogens with zero attached hydrogens (tertiary/aromatic N) is 1. The molecule has 0 aromatic heterocycles. The highest BCUT2D eigenvalue weighted by molar-refractivity contribution is 5.45. The molecule has 0 spiro atoms. The SMILES string of the molecule is COc1ccc([C@@H]2CN(Cc3ccccc3)C[C@@]2(C)CO)cc1OC(C)(C)C. The molecule has 1 saturated heterocycles. The summed E-state index contributed by atoms with van der Waals surface area (Å²) in [5.74, 6) is 1.73. The van der Waals surface area contributed by atoms with Crippen LogP contribution >= 0.6 is 0 Å². The number of aliphatic hydroxyl groups is 1. The smallest absolute Gasteiger partial charge is 0.162 e. The van der Waals surface area contributed by atoms with E-state index in [0.717, 1.165) is 31.1 Å². The van der Waals surface area contributed by atoms with E-state index in [9.17, 15) is 5.11 Å². The third kappa shape index (κ3) is 4.68. The van der Waals surface area contributed by atoms with Crippen LogP contribution in [-0.4, -0.2) is 42.4 Å². The highest BCUT2D eigenvalue weighted by atomic mass is 16.5. The molecule has 0 radical (unpaired) electrons.